The molecule has 2 rings (SSSR count). The summed E-state index contributed by atoms with van der Waals surface area (Å²) in [5.74, 6) is 1.22. The summed E-state index contributed by atoms with van der Waals surface area (Å²) in [6, 6.07) is 10.4. The van der Waals surface area contributed by atoms with Gasteiger partial charge in [0.1, 0.15) is 6.61 Å². The summed E-state index contributed by atoms with van der Waals surface area (Å²) < 4.78 is 5.58. The topological polar surface area (TPSA) is 32.8 Å². The molecule has 1 aromatic rings. The lowest BCUT2D eigenvalue weighted by atomic mass is 9.91. The average molecular weight is 304 g/mol. The first-order valence-corrected chi connectivity index (χ1v) is 8.05. The van der Waals surface area contributed by atoms with E-state index < -0.39 is 0 Å². The number of hydrogen-bond donors (Lipinski definition) is 0. The quantitative estimate of drug-likeness (QED) is 0.808. The summed E-state index contributed by atoms with van der Waals surface area (Å²) >= 11 is 0. The Bertz CT molecular complexity index is 457. The zero-order valence-electron chi connectivity index (χ0n) is 14.2. The predicted molar refractivity (Wildman–Crippen MR) is 88.5 cm³/mol. The van der Waals surface area contributed by atoms with Crippen LogP contribution in [0.15, 0.2) is 30.3 Å². The van der Waals surface area contributed by atoms with Crippen molar-refractivity contribution in [2.24, 2.45) is 11.8 Å². The first-order valence-electron chi connectivity index (χ1n) is 8.05. The van der Waals surface area contributed by atoms with Gasteiger partial charge >= 0.3 is 0 Å². The van der Waals surface area contributed by atoms with Crippen LogP contribution in [0.2, 0.25) is 0 Å². The van der Waals surface area contributed by atoms with Crippen molar-refractivity contribution in [3.63, 3.8) is 0 Å². The summed E-state index contributed by atoms with van der Waals surface area (Å²) in [4.78, 5) is 16.6. The zero-order valence-corrected chi connectivity index (χ0v) is 14.2. The van der Waals surface area contributed by atoms with Crippen molar-refractivity contribution < 1.29 is 9.53 Å². The lowest BCUT2D eigenvalue weighted by Crippen LogP contribution is -2.38. The van der Waals surface area contributed by atoms with Gasteiger partial charge < -0.3 is 14.5 Å². The lowest BCUT2D eigenvalue weighted by molar-refractivity contribution is -0.135. The van der Waals surface area contributed by atoms with Crippen molar-refractivity contribution in [3.05, 3.63) is 35.9 Å². The highest BCUT2D eigenvalue weighted by Gasteiger charge is 2.37. The molecule has 0 aliphatic carbocycles. The van der Waals surface area contributed by atoms with Crippen LogP contribution in [0.25, 0.3) is 0 Å². The number of benzene rings is 1. The van der Waals surface area contributed by atoms with E-state index in [1.807, 2.05) is 35.2 Å². The molecule has 1 amide bonds. The lowest BCUT2D eigenvalue weighted by Gasteiger charge is -2.27. The number of ether oxygens (including phenoxy) is 1. The van der Waals surface area contributed by atoms with Gasteiger partial charge in [0.15, 0.2) is 0 Å². The molecule has 0 radical (unpaired) electrons. The second-order valence-corrected chi connectivity index (χ2v) is 6.72. The first-order chi connectivity index (χ1) is 10.5. The Morgan fingerprint density at radius 2 is 1.95 bits per heavy atom. The van der Waals surface area contributed by atoms with Gasteiger partial charge in [-0.1, -0.05) is 44.2 Å². The van der Waals surface area contributed by atoms with Gasteiger partial charge in [-0.3, -0.25) is 4.79 Å². The second kappa shape index (κ2) is 7.75. The van der Waals surface area contributed by atoms with Gasteiger partial charge in [0.25, 0.3) is 0 Å². The molecule has 1 fully saturated rings. The van der Waals surface area contributed by atoms with Crippen LogP contribution in [0.3, 0.4) is 0 Å². The third-order valence-electron chi connectivity index (χ3n) is 4.54. The molecule has 4 heteroatoms. The number of rotatable bonds is 6. The standard InChI is InChI=1S/C18H28N2O2/c1-14(2)16-10-20(11-17(16)19(3)4)18(21)13-22-12-15-8-6-5-7-9-15/h5-9,14,16-17H,10-13H2,1-4H3/t16-,17+/m0/s1. The van der Waals surface area contributed by atoms with E-state index >= 15 is 0 Å². The molecule has 0 N–H and O–H groups in total. The highest BCUT2D eigenvalue weighted by molar-refractivity contribution is 5.77. The Balaban J connectivity index is 1.83. The van der Waals surface area contributed by atoms with E-state index in [4.69, 9.17) is 4.74 Å². The Kier molecular flexibility index (Phi) is 5.98. The highest BCUT2D eigenvalue weighted by Crippen LogP contribution is 2.27. The highest BCUT2D eigenvalue weighted by atomic mass is 16.5. The molecule has 0 unspecified atom stereocenters. The third-order valence-corrected chi connectivity index (χ3v) is 4.54. The molecule has 1 heterocycles. The fraction of sp³-hybridized carbons (Fsp3) is 0.611. The predicted octanol–water partition coefficient (Wildman–Crippen LogP) is 2.25. The number of likely N-dealkylation sites (tertiary alicyclic amines) is 1. The van der Waals surface area contributed by atoms with Gasteiger partial charge in [0, 0.05) is 19.1 Å². The minimum atomic E-state index is 0.103. The molecule has 1 aromatic carbocycles. The fourth-order valence-electron chi connectivity index (χ4n) is 3.14. The molecule has 1 saturated heterocycles. The largest absolute Gasteiger partial charge is 0.367 e. The summed E-state index contributed by atoms with van der Waals surface area (Å²) in [6.07, 6.45) is 0. The van der Waals surface area contributed by atoms with Gasteiger partial charge in [-0.05, 0) is 31.5 Å². The van der Waals surface area contributed by atoms with E-state index in [1.165, 1.54) is 0 Å². The number of amides is 1. The molecule has 122 valence electrons. The van der Waals surface area contributed by atoms with E-state index in [9.17, 15) is 4.79 Å². The Hall–Kier alpha value is -1.39. The Morgan fingerprint density at radius 3 is 2.50 bits per heavy atom. The maximum absolute atomic E-state index is 12.4. The van der Waals surface area contributed by atoms with Crippen LogP contribution in [0, 0.1) is 11.8 Å². The van der Waals surface area contributed by atoms with E-state index in [-0.39, 0.29) is 12.5 Å². The number of carbonyl (C=O) groups excluding carboxylic acids is 1. The molecule has 1 aliphatic rings. The van der Waals surface area contributed by atoms with Gasteiger partial charge in [-0.2, -0.15) is 0 Å². The van der Waals surface area contributed by atoms with Crippen LogP contribution >= 0.6 is 0 Å². The molecule has 0 spiro atoms. The zero-order chi connectivity index (χ0) is 16.1. The normalized spacial score (nSPS) is 21.8. The molecular formula is C18H28N2O2. The van der Waals surface area contributed by atoms with Crippen LogP contribution in [-0.4, -0.2) is 55.5 Å². The molecule has 2 atom stereocenters. The number of likely N-dealkylation sites (N-methyl/N-ethyl adjacent to an activating group) is 1. The van der Waals surface area contributed by atoms with Crippen LogP contribution in [0.5, 0.6) is 0 Å². The average Bonchev–Trinajstić information content (AvgIpc) is 2.94. The van der Waals surface area contributed by atoms with Gasteiger partial charge in [0.2, 0.25) is 5.91 Å². The van der Waals surface area contributed by atoms with E-state index in [0.29, 0.717) is 24.5 Å². The molecule has 1 aliphatic heterocycles. The van der Waals surface area contributed by atoms with Gasteiger partial charge in [-0.15, -0.1) is 0 Å². The number of carbonyl (C=O) groups is 1. The molecule has 0 bridgehead atoms. The van der Waals surface area contributed by atoms with Crippen molar-refractivity contribution >= 4 is 5.91 Å². The van der Waals surface area contributed by atoms with Crippen LogP contribution in [0.1, 0.15) is 19.4 Å². The number of nitrogens with zero attached hydrogens (tertiary/aromatic N) is 2. The third kappa shape index (κ3) is 4.31. The maximum atomic E-state index is 12.4. The minimum Gasteiger partial charge on any atom is -0.367 e. The maximum Gasteiger partial charge on any atom is 0.248 e. The van der Waals surface area contributed by atoms with Crippen LogP contribution < -0.4 is 0 Å². The molecule has 0 saturated carbocycles. The summed E-state index contributed by atoms with van der Waals surface area (Å²) in [5, 5.41) is 0. The fourth-order valence-corrected chi connectivity index (χ4v) is 3.14. The summed E-state index contributed by atoms with van der Waals surface area (Å²) in [6.45, 7) is 6.78. The monoisotopic (exact) mass is 304 g/mol. The van der Waals surface area contributed by atoms with Crippen molar-refractivity contribution in [2.75, 3.05) is 33.8 Å². The summed E-state index contributed by atoms with van der Waals surface area (Å²) in [5.41, 5.74) is 1.10. The molecule has 0 aromatic heterocycles. The minimum absolute atomic E-state index is 0.103. The Labute approximate surface area is 134 Å². The van der Waals surface area contributed by atoms with Crippen molar-refractivity contribution in [1.82, 2.24) is 9.80 Å². The smallest absolute Gasteiger partial charge is 0.248 e. The van der Waals surface area contributed by atoms with Crippen LogP contribution in [-0.2, 0) is 16.1 Å². The van der Waals surface area contributed by atoms with Crippen molar-refractivity contribution in [1.29, 1.82) is 0 Å². The summed E-state index contributed by atoms with van der Waals surface area (Å²) in [7, 11) is 4.19. The van der Waals surface area contributed by atoms with E-state index in [1.54, 1.807) is 0 Å². The van der Waals surface area contributed by atoms with E-state index in [0.717, 1.165) is 18.7 Å². The molecular weight excluding hydrogens is 276 g/mol. The van der Waals surface area contributed by atoms with Gasteiger partial charge in [0.05, 0.1) is 6.61 Å². The first kappa shape index (κ1) is 17.0. The SMILES string of the molecule is CC(C)[C@@H]1CN(C(=O)COCc2ccccc2)C[C@H]1N(C)C. The van der Waals surface area contributed by atoms with Gasteiger partial charge in [-0.25, -0.2) is 0 Å². The molecule has 4 nitrogen and oxygen atoms in total. The molecule has 22 heavy (non-hydrogen) atoms. The van der Waals surface area contributed by atoms with Crippen LogP contribution in [0.4, 0.5) is 0 Å². The number of hydrogen-bond acceptors (Lipinski definition) is 3. The second-order valence-electron chi connectivity index (χ2n) is 6.72. The van der Waals surface area contributed by atoms with Crippen molar-refractivity contribution in [2.45, 2.75) is 26.5 Å². The van der Waals surface area contributed by atoms with E-state index in [2.05, 4.69) is 32.8 Å². The Morgan fingerprint density at radius 1 is 1.27 bits per heavy atom. The van der Waals surface area contributed by atoms with Crippen molar-refractivity contribution in [3.8, 4) is 0 Å².